The fraction of sp³-hybridized carbons (Fsp3) is 0.588. The van der Waals surface area contributed by atoms with Crippen LogP contribution in [-0.2, 0) is 0 Å². The number of thioether (sulfide) groups is 1. The van der Waals surface area contributed by atoms with Gasteiger partial charge in [-0.15, -0.1) is 0 Å². The minimum Gasteiger partial charge on any atom is -0.352 e. The Balaban J connectivity index is 1.42. The van der Waals surface area contributed by atoms with Crippen LogP contribution in [0.3, 0.4) is 0 Å². The van der Waals surface area contributed by atoms with Crippen molar-refractivity contribution in [2.75, 3.05) is 31.1 Å². The van der Waals surface area contributed by atoms with Gasteiger partial charge < -0.3 is 5.32 Å². The maximum atomic E-state index is 12.1. The first-order valence-corrected chi connectivity index (χ1v) is 9.61. The molecular formula is C17H23ClN2OS. The van der Waals surface area contributed by atoms with Gasteiger partial charge in [-0.05, 0) is 62.2 Å². The molecule has 0 aromatic heterocycles. The van der Waals surface area contributed by atoms with Crippen molar-refractivity contribution in [1.82, 2.24) is 10.2 Å². The summed E-state index contributed by atoms with van der Waals surface area (Å²) >= 11 is 8.01. The van der Waals surface area contributed by atoms with Crippen LogP contribution >= 0.6 is 23.4 Å². The van der Waals surface area contributed by atoms with Crippen LogP contribution in [0.25, 0.3) is 0 Å². The Labute approximate surface area is 141 Å². The van der Waals surface area contributed by atoms with E-state index >= 15 is 0 Å². The second-order valence-corrected chi connectivity index (χ2v) is 7.80. The lowest BCUT2D eigenvalue weighted by atomic mass is 9.95. The third kappa shape index (κ3) is 4.18. The summed E-state index contributed by atoms with van der Waals surface area (Å²) in [5.41, 5.74) is 0.646. The molecule has 2 heterocycles. The van der Waals surface area contributed by atoms with Crippen LogP contribution in [0.15, 0.2) is 24.3 Å². The molecule has 0 unspecified atom stereocenters. The highest BCUT2D eigenvalue weighted by molar-refractivity contribution is 7.99. The van der Waals surface area contributed by atoms with E-state index in [1.54, 1.807) is 12.1 Å². The highest BCUT2D eigenvalue weighted by Gasteiger charge is 2.27. The van der Waals surface area contributed by atoms with E-state index in [0.717, 1.165) is 12.6 Å². The third-order valence-corrected chi connectivity index (χ3v) is 6.09. The molecule has 3 nitrogen and oxygen atoms in total. The van der Waals surface area contributed by atoms with E-state index in [1.807, 2.05) is 12.1 Å². The minimum absolute atomic E-state index is 0.0166. The van der Waals surface area contributed by atoms with Crippen molar-refractivity contribution in [3.8, 4) is 0 Å². The second-order valence-electron chi connectivity index (χ2n) is 6.22. The summed E-state index contributed by atoms with van der Waals surface area (Å²) in [7, 11) is 0. The van der Waals surface area contributed by atoms with E-state index in [1.165, 1.54) is 43.9 Å². The van der Waals surface area contributed by atoms with Crippen LogP contribution in [-0.4, -0.2) is 48.0 Å². The topological polar surface area (TPSA) is 32.3 Å². The van der Waals surface area contributed by atoms with Gasteiger partial charge in [0.05, 0.1) is 0 Å². The summed E-state index contributed by atoms with van der Waals surface area (Å²) < 4.78 is 0. The molecule has 0 radical (unpaired) electrons. The van der Waals surface area contributed by atoms with Gasteiger partial charge in [0.2, 0.25) is 0 Å². The lowest BCUT2D eigenvalue weighted by Crippen LogP contribution is -2.43. The van der Waals surface area contributed by atoms with E-state index in [4.69, 9.17) is 11.6 Å². The van der Waals surface area contributed by atoms with Crippen molar-refractivity contribution < 1.29 is 4.79 Å². The zero-order valence-electron chi connectivity index (χ0n) is 12.8. The molecule has 1 amide bonds. The molecule has 1 atom stereocenters. The van der Waals surface area contributed by atoms with Crippen LogP contribution in [0.5, 0.6) is 0 Å². The van der Waals surface area contributed by atoms with E-state index in [0.29, 0.717) is 16.5 Å². The molecule has 1 aromatic rings. The average Bonchev–Trinajstić information content (AvgIpc) is 3.07. The number of carbonyl (C=O) groups excluding carboxylic acids is 1. The highest BCUT2D eigenvalue weighted by Crippen LogP contribution is 2.26. The van der Waals surface area contributed by atoms with Crippen LogP contribution in [0, 0.1) is 5.92 Å². The normalized spacial score (nSPS) is 23.6. The van der Waals surface area contributed by atoms with Gasteiger partial charge in [0, 0.05) is 28.9 Å². The number of piperidine rings is 1. The van der Waals surface area contributed by atoms with Crippen molar-refractivity contribution in [2.24, 2.45) is 5.92 Å². The summed E-state index contributed by atoms with van der Waals surface area (Å²) in [5, 5.41) is 3.67. The van der Waals surface area contributed by atoms with Gasteiger partial charge in [-0.3, -0.25) is 9.69 Å². The summed E-state index contributed by atoms with van der Waals surface area (Å²) in [6, 6.07) is 7.93. The van der Waals surface area contributed by atoms with Gasteiger partial charge in [-0.25, -0.2) is 0 Å². The predicted octanol–water partition coefficient (Wildman–Crippen LogP) is 3.29. The predicted molar refractivity (Wildman–Crippen MR) is 93.8 cm³/mol. The van der Waals surface area contributed by atoms with Gasteiger partial charge in [-0.1, -0.05) is 17.7 Å². The molecule has 2 saturated heterocycles. The lowest BCUT2D eigenvalue weighted by Gasteiger charge is -2.35. The zero-order valence-corrected chi connectivity index (χ0v) is 14.3. The van der Waals surface area contributed by atoms with Crippen molar-refractivity contribution in [3.05, 3.63) is 34.9 Å². The van der Waals surface area contributed by atoms with Gasteiger partial charge in [-0.2, -0.15) is 11.8 Å². The Morgan fingerprint density at radius 1 is 1.32 bits per heavy atom. The summed E-state index contributed by atoms with van der Waals surface area (Å²) in [6.45, 7) is 3.14. The molecule has 1 N–H and O–H groups in total. The Morgan fingerprint density at radius 3 is 2.82 bits per heavy atom. The number of benzene rings is 1. The number of hydrogen-bond donors (Lipinski definition) is 1. The van der Waals surface area contributed by atoms with Crippen LogP contribution in [0.2, 0.25) is 5.02 Å². The standard InChI is InChI=1S/C17H23ClN2OS/c18-15-3-1-2-14(10-15)17(21)19-11-13-4-7-20(8-5-13)16-6-9-22-12-16/h1-3,10,13,16H,4-9,11-12H2,(H,19,21)/t16-/m1/s1. The first-order valence-electron chi connectivity index (χ1n) is 8.08. The fourth-order valence-corrected chi connectivity index (χ4v) is 4.75. The summed E-state index contributed by atoms with van der Waals surface area (Å²) in [4.78, 5) is 14.8. The smallest absolute Gasteiger partial charge is 0.251 e. The van der Waals surface area contributed by atoms with E-state index in [-0.39, 0.29) is 5.91 Å². The molecule has 0 aliphatic carbocycles. The quantitative estimate of drug-likeness (QED) is 0.914. The lowest BCUT2D eigenvalue weighted by molar-refractivity contribution is 0.0928. The minimum atomic E-state index is -0.0166. The number of carbonyl (C=O) groups is 1. The molecule has 120 valence electrons. The first kappa shape index (κ1) is 16.2. The Kier molecular flexibility index (Phi) is 5.66. The number of nitrogens with one attached hydrogen (secondary N) is 1. The van der Waals surface area contributed by atoms with Gasteiger partial charge >= 0.3 is 0 Å². The molecule has 2 aliphatic rings. The monoisotopic (exact) mass is 338 g/mol. The molecule has 22 heavy (non-hydrogen) atoms. The van der Waals surface area contributed by atoms with Gasteiger partial charge in [0.15, 0.2) is 0 Å². The van der Waals surface area contributed by atoms with Crippen molar-refractivity contribution in [3.63, 3.8) is 0 Å². The number of likely N-dealkylation sites (tertiary alicyclic amines) is 1. The molecule has 5 heteroatoms. The highest BCUT2D eigenvalue weighted by atomic mass is 35.5. The number of rotatable bonds is 4. The van der Waals surface area contributed by atoms with Crippen LogP contribution < -0.4 is 5.32 Å². The Hall–Kier alpha value is -0.710. The van der Waals surface area contributed by atoms with Crippen molar-refractivity contribution >= 4 is 29.3 Å². The van der Waals surface area contributed by atoms with Crippen LogP contribution in [0.4, 0.5) is 0 Å². The maximum Gasteiger partial charge on any atom is 0.251 e. The zero-order chi connectivity index (χ0) is 15.4. The van der Waals surface area contributed by atoms with Crippen molar-refractivity contribution in [1.29, 1.82) is 0 Å². The van der Waals surface area contributed by atoms with E-state index in [2.05, 4.69) is 22.0 Å². The molecule has 2 fully saturated rings. The fourth-order valence-electron chi connectivity index (χ4n) is 3.30. The third-order valence-electron chi connectivity index (χ3n) is 4.71. The molecule has 3 rings (SSSR count). The first-order chi connectivity index (χ1) is 10.7. The molecule has 0 bridgehead atoms. The number of nitrogens with zero attached hydrogens (tertiary/aromatic N) is 1. The van der Waals surface area contributed by atoms with Crippen molar-refractivity contribution in [2.45, 2.75) is 25.3 Å². The van der Waals surface area contributed by atoms with Gasteiger partial charge in [0.25, 0.3) is 5.91 Å². The number of amides is 1. The van der Waals surface area contributed by atoms with E-state index < -0.39 is 0 Å². The number of hydrogen-bond acceptors (Lipinski definition) is 3. The molecular weight excluding hydrogens is 316 g/mol. The maximum absolute atomic E-state index is 12.1. The van der Waals surface area contributed by atoms with E-state index in [9.17, 15) is 4.79 Å². The molecule has 0 saturated carbocycles. The Bertz CT molecular complexity index is 511. The average molecular weight is 339 g/mol. The van der Waals surface area contributed by atoms with Gasteiger partial charge in [0.1, 0.15) is 0 Å². The second kappa shape index (κ2) is 7.71. The molecule has 0 spiro atoms. The summed E-state index contributed by atoms with van der Waals surface area (Å²) in [5.74, 6) is 3.21. The number of halogens is 1. The molecule has 2 aliphatic heterocycles. The largest absolute Gasteiger partial charge is 0.352 e. The van der Waals surface area contributed by atoms with Crippen LogP contribution in [0.1, 0.15) is 29.6 Å². The molecule has 1 aromatic carbocycles. The Morgan fingerprint density at radius 2 is 2.14 bits per heavy atom. The SMILES string of the molecule is O=C(NCC1CCN([C@@H]2CCSC2)CC1)c1cccc(Cl)c1. The summed E-state index contributed by atoms with van der Waals surface area (Å²) in [6.07, 6.45) is 3.73.